The van der Waals surface area contributed by atoms with Crippen molar-refractivity contribution in [2.24, 2.45) is 5.92 Å². The molecule has 0 fully saturated rings. The molecule has 0 saturated heterocycles. The lowest BCUT2D eigenvalue weighted by Crippen LogP contribution is -2.48. The lowest BCUT2D eigenvalue weighted by Gasteiger charge is -2.32. The molecule has 2 amide bonds. The second-order valence-corrected chi connectivity index (χ2v) is 7.00. The number of hydroxylamine groups is 1. The van der Waals surface area contributed by atoms with E-state index in [1.807, 2.05) is 20.8 Å². The second-order valence-electron chi connectivity index (χ2n) is 6.08. The van der Waals surface area contributed by atoms with E-state index in [0.717, 1.165) is 6.42 Å². The van der Waals surface area contributed by atoms with Gasteiger partial charge in [-0.25, -0.2) is 10.5 Å². The van der Waals surface area contributed by atoms with Gasteiger partial charge in [0.2, 0.25) is 0 Å². The van der Waals surface area contributed by atoms with Crippen molar-refractivity contribution in [2.45, 2.75) is 52.1 Å². The van der Waals surface area contributed by atoms with Crippen molar-refractivity contribution in [1.82, 2.24) is 15.4 Å². The van der Waals surface area contributed by atoms with Crippen LogP contribution in [0.2, 0.25) is 0 Å². The fourth-order valence-corrected chi connectivity index (χ4v) is 3.80. The first-order valence-electron chi connectivity index (χ1n) is 8.03. The molecule has 0 aromatic carbocycles. The minimum absolute atomic E-state index is 0.0862. The highest BCUT2D eigenvalue weighted by atomic mass is 32.1. The van der Waals surface area contributed by atoms with E-state index in [9.17, 15) is 14.7 Å². The summed E-state index contributed by atoms with van der Waals surface area (Å²) in [5.74, 6) is -1.66. The minimum atomic E-state index is -0.866. The summed E-state index contributed by atoms with van der Waals surface area (Å²) in [6.07, 6.45) is 3.58. The van der Waals surface area contributed by atoms with Gasteiger partial charge in [-0.3, -0.25) is 14.8 Å². The molecule has 2 rings (SSSR count). The number of thiazole rings is 1. The SMILES string of the molecule is CCCCC(C(=O)NO)N1C(=O)C(O)=C(C(C)C)C1c1nccs1. The molecule has 1 aliphatic heterocycles. The summed E-state index contributed by atoms with van der Waals surface area (Å²) in [7, 11) is 0. The van der Waals surface area contributed by atoms with Gasteiger partial charge in [-0.2, -0.15) is 0 Å². The van der Waals surface area contributed by atoms with Gasteiger partial charge in [0.15, 0.2) is 5.76 Å². The van der Waals surface area contributed by atoms with Crippen molar-refractivity contribution in [1.29, 1.82) is 0 Å². The number of hydrogen-bond acceptors (Lipinski definition) is 6. The summed E-state index contributed by atoms with van der Waals surface area (Å²) < 4.78 is 0. The Morgan fingerprint density at radius 1 is 1.50 bits per heavy atom. The Labute approximate surface area is 145 Å². The standard InChI is InChI=1S/C16H23N3O4S/c1-4-5-6-10(14(21)18-23)19-12(15-17-7-8-24-15)11(9(2)3)13(20)16(19)22/h7-10,12,20,23H,4-6H2,1-3H3,(H,18,21). The van der Waals surface area contributed by atoms with Crippen LogP contribution in [0.15, 0.2) is 22.9 Å². The van der Waals surface area contributed by atoms with E-state index in [1.54, 1.807) is 17.1 Å². The largest absolute Gasteiger partial charge is 0.503 e. The summed E-state index contributed by atoms with van der Waals surface area (Å²) in [5.41, 5.74) is 2.20. The lowest BCUT2D eigenvalue weighted by atomic mass is 9.95. The fourth-order valence-electron chi connectivity index (χ4n) is 3.04. The molecule has 0 spiro atoms. The molecule has 132 valence electrons. The minimum Gasteiger partial charge on any atom is -0.503 e. The van der Waals surface area contributed by atoms with Crippen LogP contribution in [0.1, 0.15) is 51.1 Å². The molecule has 7 nitrogen and oxygen atoms in total. The molecular formula is C16H23N3O4S. The van der Waals surface area contributed by atoms with Gasteiger partial charge in [0.25, 0.3) is 11.8 Å². The van der Waals surface area contributed by atoms with Gasteiger partial charge in [-0.15, -0.1) is 11.3 Å². The first-order chi connectivity index (χ1) is 11.4. The molecule has 0 aliphatic carbocycles. The van der Waals surface area contributed by atoms with Crippen LogP contribution >= 0.6 is 11.3 Å². The molecule has 2 unspecified atom stereocenters. The lowest BCUT2D eigenvalue weighted by molar-refractivity contribution is -0.144. The van der Waals surface area contributed by atoms with Crippen molar-refractivity contribution < 1.29 is 19.9 Å². The number of nitrogens with one attached hydrogen (secondary N) is 1. The van der Waals surface area contributed by atoms with E-state index in [1.165, 1.54) is 16.2 Å². The summed E-state index contributed by atoms with van der Waals surface area (Å²) >= 11 is 1.37. The maximum absolute atomic E-state index is 12.7. The molecule has 2 atom stereocenters. The summed E-state index contributed by atoms with van der Waals surface area (Å²) in [6.45, 7) is 5.75. The highest BCUT2D eigenvalue weighted by Gasteiger charge is 2.47. The number of aromatic nitrogens is 1. The number of aliphatic hydroxyl groups is 1. The Kier molecular flexibility index (Phi) is 5.95. The van der Waals surface area contributed by atoms with Crippen LogP contribution in [0.25, 0.3) is 0 Å². The summed E-state index contributed by atoms with van der Waals surface area (Å²) in [5, 5.41) is 21.9. The Balaban J connectivity index is 2.49. The number of carbonyl (C=O) groups excluding carboxylic acids is 2. The molecule has 0 saturated carbocycles. The molecule has 8 heteroatoms. The highest BCUT2D eigenvalue weighted by molar-refractivity contribution is 7.09. The number of nitrogens with zero attached hydrogens (tertiary/aromatic N) is 2. The first-order valence-corrected chi connectivity index (χ1v) is 8.90. The van der Waals surface area contributed by atoms with E-state index < -0.39 is 23.9 Å². The second kappa shape index (κ2) is 7.76. The van der Waals surface area contributed by atoms with E-state index >= 15 is 0 Å². The Hall–Kier alpha value is -1.93. The van der Waals surface area contributed by atoms with Gasteiger partial charge in [-0.05, 0) is 12.3 Å². The van der Waals surface area contributed by atoms with E-state index in [0.29, 0.717) is 23.4 Å². The predicted molar refractivity (Wildman–Crippen MR) is 89.4 cm³/mol. The third-order valence-corrected chi connectivity index (χ3v) is 5.00. The zero-order valence-electron chi connectivity index (χ0n) is 14.0. The van der Waals surface area contributed by atoms with Gasteiger partial charge >= 0.3 is 0 Å². The number of rotatable bonds is 7. The zero-order chi connectivity index (χ0) is 17.9. The van der Waals surface area contributed by atoms with Crippen molar-refractivity contribution >= 4 is 23.2 Å². The third kappa shape index (κ3) is 3.29. The first kappa shape index (κ1) is 18.4. The molecular weight excluding hydrogens is 330 g/mol. The molecule has 1 aromatic rings. The number of amides is 2. The van der Waals surface area contributed by atoms with Crippen LogP contribution in [0.3, 0.4) is 0 Å². The van der Waals surface area contributed by atoms with Crippen LogP contribution < -0.4 is 5.48 Å². The van der Waals surface area contributed by atoms with Gasteiger partial charge < -0.3 is 10.0 Å². The average molecular weight is 353 g/mol. The molecule has 0 radical (unpaired) electrons. The Morgan fingerprint density at radius 3 is 2.71 bits per heavy atom. The normalized spacial score (nSPS) is 19.3. The van der Waals surface area contributed by atoms with Gasteiger partial charge in [-0.1, -0.05) is 33.6 Å². The van der Waals surface area contributed by atoms with E-state index in [-0.39, 0.29) is 11.7 Å². The third-order valence-electron chi connectivity index (χ3n) is 4.17. The van der Waals surface area contributed by atoms with Crippen LogP contribution in [-0.4, -0.2) is 38.1 Å². The average Bonchev–Trinajstić information content (AvgIpc) is 3.16. The molecule has 2 heterocycles. The quantitative estimate of drug-likeness (QED) is 0.516. The van der Waals surface area contributed by atoms with Crippen molar-refractivity contribution in [3.8, 4) is 0 Å². The molecule has 0 bridgehead atoms. The van der Waals surface area contributed by atoms with Gasteiger partial charge in [0.05, 0.1) is 0 Å². The topological polar surface area (TPSA) is 103 Å². The monoisotopic (exact) mass is 353 g/mol. The van der Waals surface area contributed by atoms with Crippen molar-refractivity contribution in [3.05, 3.63) is 27.9 Å². The zero-order valence-corrected chi connectivity index (χ0v) is 14.8. The summed E-state index contributed by atoms with van der Waals surface area (Å²) in [4.78, 5) is 30.5. The van der Waals surface area contributed by atoms with Gasteiger partial charge in [0, 0.05) is 17.2 Å². The van der Waals surface area contributed by atoms with E-state index in [2.05, 4.69) is 4.98 Å². The van der Waals surface area contributed by atoms with Gasteiger partial charge in [0.1, 0.15) is 17.1 Å². The van der Waals surface area contributed by atoms with Crippen molar-refractivity contribution in [3.63, 3.8) is 0 Å². The number of carbonyl (C=O) groups is 2. The Morgan fingerprint density at radius 2 is 2.21 bits per heavy atom. The molecule has 3 N–H and O–H groups in total. The predicted octanol–water partition coefficient (Wildman–Crippen LogP) is 2.56. The van der Waals surface area contributed by atoms with Crippen LogP contribution in [0, 0.1) is 5.92 Å². The maximum atomic E-state index is 12.7. The summed E-state index contributed by atoms with van der Waals surface area (Å²) in [6, 6.07) is -1.45. The number of hydrogen-bond donors (Lipinski definition) is 3. The highest BCUT2D eigenvalue weighted by Crippen LogP contribution is 2.43. The Bertz CT molecular complexity index is 627. The number of aliphatic hydroxyl groups excluding tert-OH is 1. The van der Waals surface area contributed by atoms with Crippen LogP contribution in [0.4, 0.5) is 0 Å². The van der Waals surface area contributed by atoms with E-state index in [4.69, 9.17) is 5.21 Å². The molecule has 24 heavy (non-hydrogen) atoms. The van der Waals surface area contributed by atoms with Crippen LogP contribution in [0.5, 0.6) is 0 Å². The van der Waals surface area contributed by atoms with Crippen LogP contribution in [-0.2, 0) is 9.59 Å². The number of unbranched alkanes of at least 4 members (excludes halogenated alkanes) is 1. The maximum Gasteiger partial charge on any atom is 0.290 e. The molecule has 1 aromatic heterocycles. The smallest absolute Gasteiger partial charge is 0.290 e. The fraction of sp³-hybridized carbons (Fsp3) is 0.562. The molecule has 1 aliphatic rings. The van der Waals surface area contributed by atoms with Crippen molar-refractivity contribution in [2.75, 3.05) is 0 Å².